The molecule has 0 amide bonds. The highest BCUT2D eigenvalue weighted by Crippen LogP contribution is 2.57. The van der Waals surface area contributed by atoms with Crippen molar-refractivity contribution in [3.05, 3.63) is 53.3 Å². The van der Waals surface area contributed by atoms with Crippen molar-refractivity contribution < 1.29 is 13.9 Å². The maximum absolute atomic E-state index is 14.5. The van der Waals surface area contributed by atoms with Gasteiger partial charge < -0.3 is 9.47 Å². The second-order valence-corrected chi connectivity index (χ2v) is 6.89. The number of rotatable bonds is 6. The van der Waals surface area contributed by atoms with E-state index in [1.54, 1.807) is 26.4 Å². The standard InChI is InChI=1S/C21H25FO2/c1-5-14-6-8-16(17-13-15(23-3)7-9-19(17)22)18(12-14)20(24-4)21(2)10-11-21/h6-9,12-13,20H,5,10-11H2,1-4H3/t20-/m0/s1. The van der Waals surface area contributed by atoms with E-state index in [9.17, 15) is 4.39 Å². The lowest BCUT2D eigenvalue weighted by Gasteiger charge is -2.26. The molecule has 24 heavy (non-hydrogen) atoms. The Morgan fingerprint density at radius 2 is 1.83 bits per heavy atom. The summed E-state index contributed by atoms with van der Waals surface area (Å²) in [6, 6.07) is 11.1. The fourth-order valence-electron chi connectivity index (χ4n) is 3.38. The highest BCUT2D eigenvalue weighted by molar-refractivity contribution is 5.70. The Morgan fingerprint density at radius 1 is 1.08 bits per heavy atom. The topological polar surface area (TPSA) is 18.5 Å². The summed E-state index contributed by atoms with van der Waals surface area (Å²) in [5, 5.41) is 0. The molecular weight excluding hydrogens is 303 g/mol. The number of hydrogen-bond acceptors (Lipinski definition) is 2. The van der Waals surface area contributed by atoms with Crippen molar-refractivity contribution in [3.63, 3.8) is 0 Å². The summed E-state index contributed by atoms with van der Waals surface area (Å²) in [6.07, 6.45) is 3.20. The first-order valence-electron chi connectivity index (χ1n) is 8.52. The third-order valence-electron chi connectivity index (χ3n) is 5.18. The Labute approximate surface area is 143 Å². The van der Waals surface area contributed by atoms with Gasteiger partial charge in [0.25, 0.3) is 0 Å². The van der Waals surface area contributed by atoms with Crippen LogP contribution in [0.25, 0.3) is 11.1 Å². The van der Waals surface area contributed by atoms with E-state index in [-0.39, 0.29) is 17.3 Å². The van der Waals surface area contributed by atoms with Gasteiger partial charge in [-0.25, -0.2) is 4.39 Å². The van der Waals surface area contributed by atoms with Crippen LogP contribution in [-0.2, 0) is 11.2 Å². The van der Waals surface area contributed by atoms with Crippen molar-refractivity contribution in [1.29, 1.82) is 0 Å². The molecule has 0 bridgehead atoms. The molecule has 3 heteroatoms. The van der Waals surface area contributed by atoms with E-state index in [0.717, 1.165) is 30.4 Å². The molecule has 1 aliphatic rings. The summed E-state index contributed by atoms with van der Waals surface area (Å²) < 4.78 is 25.7. The monoisotopic (exact) mass is 328 g/mol. The quantitative estimate of drug-likeness (QED) is 0.692. The fraction of sp³-hybridized carbons (Fsp3) is 0.429. The number of aryl methyl sites for hydroxylation is 1. The third kappa shape index (κ3) is 3.05. The molecule has 0 aromatic heterocycles. The van der Waals surface area contributed by atoms with Crippen LogP contribution in [0.5, 0.6) is 5.75 Å². The highest BCUT2D eigenvalue weighted by atomic mass is 19.1. The zero-order chi connectivity index (χ0) is 17.3. The summed E-state index contributed by atoms with van der Waals surface area (Å²) in [5.74, 6) is 0.417. The molecule has 0 heterocycles. The molecule has 1 aliphatic carbocycles. The summed E-state index contributed by atoms with van der Waals surface area (Å²) in [6.45, 7) is 4.37. The van der Waals surface area contributed by atoms with Crippen LogP contribution in [-0.4, -0.2) is 14.2 Å². The van der Waals surface area contributed by atoms with Crippen LogP contribution < -0.4 is 4.74 Å². The normalized spacial score (nSPS) is 16.7. The summed E-state index contributed by atoms with van der Waals surface area (Å²) in [5.41, 5.74) is 3.92. The second-order valence-electron chi connectivity index (χ2n) is 6.89. The largest absolute Gasteiger partial charge is 0.497 e. The molecule has 1 fully saturated rings. The minimum absolute atomic E-state index is 0.0235. The average Bonchev–Trinajstić information content (AvgIpc) is 3.34. The predicted molar refractivity (Wildman–Crippen MR) is 94.9 cm³/mol. The van der Waals surface area contributed by atoms with Crippen molar-refractivity contribution in [3.8, 4) is 16.9 Å². The molecule has 128 valence electrons. The van der Waals surface area contributed by atoms with Crippen LogP contribution in [0, 0.1) is 11.2 Å². The molecule has 2 nitrogen and oxygen atoms in total. The zero-order valence-corrected chi connectivity index (χ0v) is 14.9. The van der Waals surface area contributed by atoms with Crippen LogP contribution in [0.2, 0.25) is 0 Å². The van der Waals surface area contributed by atoms with Crippen LogP contribution >= 0.6 is 0 Å². The Hall–Kier alpha value is -1.87. The number of ether oxygens (including phenoxy) is 2. The highest BCUT2D eigenvalue weighted by Gasteiger charge is 2.46. The van der Waals surface area contributed by atoms with E-state index in [2.05, 4.69) is 26.0 Å². The minimum Gasteiger partial charge on any atom is -0.497 e. The second kappa shape index (κ2) is 6.56. The van der Waals surface area contributed by atoms with E-state index in [1.807, 2.05) is 6.07 Å². The number of halogens is 1. The predicted octanol–water partition coefficient (Wildman–Crippen LogP) is 5.55. The minimum atomic E-state index is -0.239. The van der Waals surface area contributed by atoms with Gasteiger partial charge in [0.05, 0.1) is 13.2 Å². The van der Waals surface area contributed by atoms with Gasteiger partial charge in [-0.2, -0.15) is 0 Å². The molecule has 0 spiro atoms. The van der Waals surface area contributed by atoms with E-state index in [1.165, 1.54) is 11.6 Å². The first kappa shape index (κ1) is 17.0. The first-order chi connectivity index (χ1) is 11.5. The SMILES string of the molecule is CCc1ccc(-c2cc(OC)ccc2F)c([C@H](OC)C2(C)CC2)c1. The summed E-state index contributed by atoms with van der Waals surface area (Å²) >= 11 is 0. The van der Waals surface area contributed by atoms with Gasteiger partial charge in [-0.15, -0.1) is 0 Å². The van der Waals surface area contributed by atoms with Crippen LogP contribution in [0.15, 0.2) is 36.4 Å². The van der Waals surface area contributed by atoms with Crippen molar-refractivity contribution in [1.82, 2.24) is 0 Å². The van der Waals surface area contributed by atoms with E-state index < -0.39 is 0 Å². The van der Waals surface area contributed by atoms with E-state index >= 15 is 0 Å². The Bertz CT molecular complexity index is 735. The van der Waals surface area contributed by atoms with Gasteiger partial charge in [0, 0.05) is 12.7 Å². The summed E-state index contributed by atoms with van der Waals surface area (Å²) in [7, 11) is 3.35. The lowest BCUT2D eigenvalue weighted by atomic mass is 9.87. The number of methoxy groups -OCH3 is 2. The number of benzene rings is 2. The Balaban J connectivity index is 2.17. The average molecular weight is 328 g/mol. The van der Waals surface area contributed by atoms with Crippen LogP contribution in [0.1, 0.15) is 43.9 Å². The van der Waals surface area contributed by atoms with E-state index in [0.29, 0.717) is 11.3 Å². The molecule has 0 unspecified atom stereocenters. The van der Waals surface area contributed by atoms with Crippen molar-refractivity contribution in [2.45, 2.75) is 39.2 Å². The van der Waals surface area contributed by atoms with Gasteiger partial charge in [0.1, 0.15) is 11.6 Å². The van der Waals surface area contributed by atoms with Gasteiger partial charge in [0.2, 0.25) is 0 Å². The Kier molecular flexibility index (Phi) is 4.64. The van der Waals surface area contributed by atoms with Crippen molar-refractivity contribution in [2.75, 3.05) is 14.2 Å². The van der Waals surface area contributed by atoms with E-state index in [4.69, 9.17) is 9.47 Å². The van der Waals surface area contributed by atoms with Crippen molar-refractivity contribution in [2.24, 2.45) is 5.41 Å². The fourth-order valence-corrected chi connectivity index (χ4v) is 3.38. The van der Waals surface area contributed by atoms with Gasteiger partial charge in [-0.1, -0.05) is 32.0 Å². The number of hydrogen-bond donors (Lipinski definition) is 0. The molecule has 2 aromatic rings. The van der Waals surface area contributed by atoms with Gasteiger partial charge in [-0.3, -0.25) is 0 Å². The smallest absolute Gasteiger partial charge is 0.131 e. The maximum atomic E-state index is 14.5. The van der Waals surface area contributed by atoms with Gasteiger partial charge in [0.15, 0.2) is 0 Å². The molecule has 1 atom stereocenters. The zero-order valence-electron chi connectivity index (χ0n) is 14.9. The van der Waals surface area contributed by atoms with Crippen LogP contribution in [0.4, 0.5) is 4.39 Å². The molecule has 0 saturated heterocycles. The van der Waals surface area contributed by atoms with Gasteiger partial charge >= 0.3 is 0 Å². The Morgan fingerprint density at radius 3 is 2.42 bits per heavy atom. The van der Waals surface area contributed by atoms with Gasteiger partial charge in [-0.05, 0) is 59.6 Å². The molecule has 0 aliphatic heterocycles. The lowest BCUT2D eigenvalue weighted by Crippen LogP contribution is -2.14. The van der Waals surface area contributed by atoms with Crippen LogP contribution in [0.3, 0.4) is 0 Å². The molecule has 3 rings (SSSR count). The lowest BCUT2D eigenvalue weighted by molar-refractivity contribution is 0.0469. The maximum Gasteiger partial charge on any atom is 0.131 e. The van der Waals surface area contributed by atoms with Crippen molar-refractivity contribution >= 4 is 0 Å². The molecule has 0 N–H and O–H groups in total. The molecule has 2 aromatic carbocycles. The third-order valence-corrected chi connectivity index (χ3v) is 5.18. The summed E-state index contributed by atoms with van der Waals surface area (Å²) in [4.78, 5) is 0. The molecule has 1 saturated carbocycles. The first-order valence-corrected chi connectivity index (χ1v) is 8.52. The molecule has 0 radical (unpaired) electrons. The molecular formula is C21H25FO2.